The number of benzene rings is 1. The Morgan fingerprint density at radius 3 is 2.33 bits per heavy atom. The normalized spacial score (nSPS) is 8.33. The van der Waals surface area contributed by atoms with Crippen LogP contribution in [0.15, 0.2) is 50.1 Å². The first-order chi connectivity index (χ1) is 7.22. The average Bonchev–Trinajstić information content (AvgIpc) is 2.30. The number of hydrogen-bond acceptors (Lipinski definition) is 1. The van der Waals surface area contributed by atoms with Gasteiger partial charge in [0, 0.05) is 11.6 Å². The van der Waals surface area contributed by atoms with Gasteiger partial charge in [0.2, 0.25) is 5.91 Å². The second-order valence-electron chi connectivity index (χ2n) is 2.55. The molecule has 1 rings (SSSR count). The maximum absolute atomic E-state index is 10.8. The Labute approximate surface area is 95.3 Å². The number of carbonyl (C=O) groups excluding carboxylic acids is 1. The van der Waals surface area contributed by atoms with Crippen molar-refractivity contribution in [3.63, 3.8) is 0 Å². The van der Waals surface area contributed by atoms with E-state index in [2.05, 4.69) is 25.1 Å². The minimum Gasteiger partial charge on any atom is -0.348 e. The lowest BCUT2D eigenvalue weighted by atomic mass is 10.2. The molecule has 0 aromatic heterocycles. The lowest BCUT2D eigenvalue weighted by molar-refractivity contribution is -0.116. The van der Waals surface area contributed by atoms with Gasteiger partial charge in [0.05, 0.1) is 0 Å². The largest absolute Gasteiger partial charge is 0.348 e. The van der Waals surface area contributed by atoms with E-state index in [1.54, 1.807) is 12.1 Å². The average molecular weight is 224 g/mol. The fourth-order valence-corrected chi connectivity index (χ4v) is 0.990. The van der Waals surface area contributed by atoms with Crippen LogP contribution < -0.4 is 5.32 Å². The Bertz CT molecular complexity index is 319. The molecular weight excluding hydrogens is 210 g/mol. The molecule has 3 heteroatoms. The molecule has 0 unspecified atom stereocenters. The van der Waals surface area contributed by atoms with Gasteiger partial charge in [0.1, 0.15) is 0 Å². The van der Waals surface area contributed by atoms with E-state index in [1.807, 2.05) is 12.1 Å². The summed E-state index contributed by atoms with van der Waals surface area (Å²) >= 11 is 5.70. The maximum atomic E-state index is 10.8. The Morgan fingerprint density at radius 2 is 1.87 bits per heavy atom. The summed E-state index contributed by atoms with van der Waals surface area (Å²) in [7, 11) is 0. The van der Waals surface area contributed by atoms with Crippen molar-refractivity contribution in [2.45, 2.75) is 6.54 Å². The molecule has 1 N–H and O–H groups in total. The van der Waals surface area contributed by atoms with Crippen molar-refractivity contribution in [2.24, 2.45) is 0 Å². The molecule has 0 saturated carbocycles. The molecule has 0 fully saturated rings. The summed E-state index contributed by atoms with van der Waals surface area (Å²) in [4.78, 5) is 10.8. The Hall–Kier alpha value is -1.54. The number of hydrogen-bond donors (Lipinski definition) is 1. The summed E-state index contributed by atoms with van der Waals surface area (Å²) in [6, 6.07) is 7.31. The summed E-state index contributed by atoms with van der Waals surface area (Å²) < 4.78 is 0. The van der Waals surface area contributed by atoms with Crippen LogP contribution in [0.3, 0.4) is 0 Å². The molecule has 2 nitrogen and oxygen atoms in total. The fraction of sp³-hybridized carbons (Fsp3) is 0.0833. The van der Waals surface area contributed by atoms with Crippen molar-refractivity contribution >= 4 is 17.5 Å². The molecule has 0 aliphatic rings. The van der Waals surface area contributed by atoms with Crippen LogP contribution in [-0.4, -0.2) is 5.91 Å². The first-order valence-electron chi connectivity index (χ1n) is 4.37. The van der Waals surface area contributed by atoms with E-state index in [9.17, 15) is 4.79 Å². The smallest absolute Gasteiger partial charge is 0.243 e. The molecule has 0 saturated heterocycles. The third kappa shape index (κ3) is 5.70. The van der Waals surface area contributed by atoms with Crippen molar-refractivity contribution in [3.05, 3.63) is 60.7 Å². The van der Waals surface area contributed by atoms with Gasteiger partial charge >= 0.3 is 0 Å². The van der Waals surface area contributed by atoms with Crippen molar-refractivity contribution in [2.75, 3.05) is 0 Å². The molecule has 0 aliphatic heterocycles. The number of amides is 1. The van der Waals surface area contributed by atoms with E-state index >= 15 is 0 Å². The number of halogens is 1. The van der Waals surface area contributed by atoms with E-state index in [4.69, 9.17) is 11.6 Å². The zero-order valence-corrected chi connectivity index (χ0v) is 9.26. The molecule has 80 valence electrons. The first-order valence-corrected chi connectivity index (χ1v) is 4.75. The van der Waals surface area contributed by atoms with Gasteiger partial charge in [-0.15, -0.1) is 13.2 Å². The number of nitrogens with one attached hydrogen (secondary N) is 1. The third-order valence-electron chi connectivity index (χ3n) is 1.57. The van der Waals surface area contributed by atoms with E-state index in [1.165, 1.54) is 6.08 Å². The molecule has 1 amide bonds. The molecule has 0 atom stereocenters. The van der Waals surface area contributed by atoms with Gasteiger partial charge in [-0.1, -0.05) is 30.3 Å². The van der Waals surface area contributed by atoms with Gasteiger partial charge in [-0.25, -0.2) is 0 Å². The monoisotopic (exact) mass is 223 g/mol. The van der Waals surface area contributed by atoms with Crippen LogP contribution in [-0.2, 0) is 11.3 Å². The van der Waals surface area contributed by atoms with Gasteiger partial charge in [-0.3, -0.25) is 4.79 Å². The van der Waals surface area contributed by atoms with Crippen LogP contribution in [0.25, 0.3) is 0 Å². The quantitative estimate of drug-likeness (QED) is 0.620. The van der Waals surface area contributed by atoms with E-state index in [-0.39, 0.29) is 5.91 Å². The summed E-state index contributed by atoms with van der Waals surface area (Å²) in [5.41, 5.74) is 1.01. The lowest BCUT2D eigenvalue weighted by Crippen LogP contribution is -2.19. The molecule has 1 aromatic carbocycles. The van der Waals surface area contributed by atoms with Crippen LogP contribution in [0.1, 0.15) is 5.56 Å². The molecule has 1 aromatic rings. The predicted octanol–water partition coefficient (Wildman–Crippen LogP) is 2.94. The van der Waals surface area contributed by atoms with Gasteiger partial charge in [-0.2, -0.15) is 0 Å². The van der Waals surface area contributed by atoms with Crippen LogP contribution in [0.5, 0.6) is 0 Å². The van der Waals surface area contributed by atoms with E-state index < -0.39 is 0 Å². The fourth-order valence-electron chi connectivity index (χ4n) is 0.864. The van der Waals surface area contributed by atoms with Crippen LogP contribution in [0.4, 0.5) is 0 Å². The molecular formula is C12H14ClNO. The Balaban J connectivity index is 0.000000921. The van der Waals surface area contributed by atoms with Crippen molar-refractivity contribution in [3.8, 4) is 0 Å². The highest BCUT2D eigenvalue weighted by Crippen LogP contribution is 2.08. The zero-order valence-electron chi connectivity index (χ0n) is 8.50. The zero-order chi connectivity index (χ0) is 11.7. The van der Waals surface area contributed by atoms with Gasteiger partial charge in [-0.05, 0) is 23.8 Å². The van der Waals surface area contributed by atoms with Crippen LogP contribution in [0, 0.1) is 0 Å². The van der Waals surface area contributed by atoms with Crippen molar-refractivity contribution in [1.29, 1.82) is 0 Å². The molecule has 0 bridgehead atoms. The lowest BCUT2D eigenvalue weighted by Gasteiger charge is -2.01. The minimum atomic E-state index is -0.171. The summed E-state index contributed by atoms with van der Waals surface area (Å²) in [6.07, 6.45) is 1.25. The number of carbonyl (C=O) groups is 1. The second-order valence-corrected chi connectivity index (χ2v) is 2.98. The maximum Gasteiger partial charge on any atom is 0.243 e. The van der Waals surface area contributed by atoms with Gasteiger partial charge < -0.3 is 5.32 Å². The number of rotatable bonds is 3. The molecule has 0 heterocycles. The topological polar surface area (TPSA) is 29.1 Å². The van der Waals surface area contributed by atoms with Crippen LogP contribution in [0.2, 0.25) is 5.02 Å². The van der Waals surface area contributed by atoms with Crippen molar-refractivity contribution < 1.29 is 4.79 Å². The SMILES string of the molecule is C=C.C=CC(=O)NCc1ccc(Cl)cc1. The Morgan fingerprint density at radius 1 is 1.33 bits per heavy atom. The van der Waals surface area contributed by atoms with Gasteiger partial charge in [0.25, 0.3) is 0 Å². The Kier molecular flexibility index (Phi) is 7.02. The minimum absolute atomic E-state index is 0.171. The van der Waals surface area contributed by atoms with E-state index in [0.29, 0.717) is 11.6 Å². The highest BCUT2D eigenvalue weighted by molar-refractivity contribution is 6.30. The third-order valence-corrected chi connectivity index (χ3v) is 1.82. The standard InChI is InChI=1S/C10H10ClNO.C2H4/c1-2-10(13)12-7-8-3-5-9(11)6-4-8;1-2/h2-6H,1,7H2,(H,12,13);1-2H2. The molecule has 0 aliphatic carbocycles. The molecule has 0 spiro atoms. The van der Waals surface area contributed by atoms with Crippen LogP contribution >= 0.6 is 11.6 Å². The second kappa shape index (κ2) is 7.83. The summed E-state index contributed by atoms with van der Waals surface area (Å²) in [5, 5.41) is 3.36. The van der Waals surface area contributed by atoms with Gasteiger partial charge in [0.15, 0.2) is 0 Å². The molecule has 0 radical (unpaired) electrons. The predicted molar refractivity (Wildman–Crippen MR) is 64.7 cm³/mol. The molecule has 15 heavy (non-hydrogen) atoms. The summed E-state index contributed by atoms with van der Waals surface area (Å²) in [6.45, 7) is 9.86. The highest BCUT2D eigenvalue weighted by Gasteiger charge is 1.95. The van der Waals surface area contributed by atoms with E-state index in [0.717, 1.165) is 5.56 Å². The first kappa shape index (κ1) is 13.5. The summed E-state index contributed by atoms with van der Waals surface area (Å²) in [5.74, 6) is -0.171. The highest BCUT2D eigenvalue weighted by atomic mass is 35.5. The van der Waals surface area contributed by atoms with Crippen molar-refractivity contribution in [1.82, 2.24) is 5.32 Å².